The lowest BCUT2D eigenvalue weighted by Crippen LogP contribution is -2.03. The minimum atomic E-state index is 0.844. The van der Waals surface area contributed by atoms with Gasteiger partial charge >= 0.3 is 0 Å². The second-order valence-corrected chi connectivity index (χ2v) is 7.88. The number of unbranched alkanes of at least 4 members (excludes halogenated alkanes) is 1. The van der Waals surface area contributed by atoms with Gasteiger partial charge in [-0.15, -0.1) is 11.3 Å². The van der Waals surface area contributed by atoms with Crippen molar-refractivity contribution in [2.75, 3.05) is 0 Å². The van der Waals surface area contributed by atoms with E-state index in [1.165, 1.54) is 51.9 Å². The minimum absolute atomic E-state index is 0.844. The Morgan fingerprint density at radius 2 is 1.80 bits per heavy atom. The van der Waals surface area contributed by atoms with E-state index >= 15 is 0 Å². The predicted molar refractivity (Wildman–Crippen MR) is 94.5 cm³/mol. The van der Waals surface area contributed by atoms with E-state index in [9.17, 15) is 0 Å². The van der Waals surface area contributed by atoms with Crippen LogP contribution in [-0.4, -0.2) is 0 Å². The van der Waals surface area contributed by atoms with E-state index in [0.29, 0.717) is 0 Å². The highest BCUT2D eigenvalue weighted by atomic mass is 79.9. The molecule has 0 N–H and O–H groups in total. The Kier molecular flexibility index (Phi) is 6.31. The average molecular weight is 351 g/mol. The summed E-state index contributed by atoms with van der Waals surface area (Å²) < 4.78 is 1.20. The first-order chi connectivity index (χ1) is 9.72. The fourth-order valence-corrected chi connectivity index (χ4v) is 3.94. The third-order valence-corrected chi connectivity index (χ3v) is 5.55. The summed E-state index contributed by atoms with van der Waals surface area (Å²) in [7, 11) is 0. The number of hydrogen-bond donors (Lipinski definition) is 0. The Balaban J connectivity index is 2.00. The van der Waals surface area contributed by atoms with Crippen LogP contribution in [0.5, 0.6) is 0 Å². The molecule has 2 heteroatoms. The second-order valence-electron chi connectivity index (χ2n) is 5.42. The summed E-state index contributed by atoms with van der Waals surface area (Å²) >= 11 is 5.32. The standard InChI is InChI=1S/C18H23BrS/c1-3-5-6-14(4-2)13-15-7-9-16(10-8-15)17-11-12-18(19)20-17/h7-12,14H,3-6,13H2,1-2H3. The highest BCUT2D eigenvalue weighted by Crippen LogP contribution is 2.31. The summed E-state index contributed by atoms with van der Waals surface area (Å²) in [6.45, 7) is 4.60. The predicted octanol–water partition coefficient (Wildman–Crippen LogP) is 6.94. The van der Waals surface area contributed by atoms with E-state index in [1.807, 2.05) is 0 Å². The van der Waals surface area contributed by atoms with Gasteiger partial charge in [0.15, 0.2) is 0 Å². The van der Waals surface area contributed by atoms with Crippen molar-refractivity contribution in [3.8, 4) is 10.4 Å². The molecular formula is C18H23BrS. The van der Waals surface area contributed by atoms with Gasteiger partial charge in [-0.05, 0) is 51.5 Å². The molecule has 0 saturated carbocycles. The molecule has 0 aliphatic rings. The quantitative estimate of drug-likeness (QED) is 0.507. The molecule has 0 aliphatic heterocycles. The van der Waals surface area contributed by atoms with Crippen LogP contribution >= 0.6 is 27.3 Å². The highest BCUT2D eigenvalue weighted by molar-refractivity contribution is 9.11. The zero-order chi connectivity index (χ0) is 14.4. The van der Waals surface area contributed by atoms with Gasteiger partial charge in [-0.1, -0.05) is 63.8 Å². The summed E-state index contributed by atoms with van der Waals surface area (Å²) in [5.74, 6) is 0.844. The molecule has 108 valence electrons. The fourth-order valence-electron chi connectivity index (χ4n) is 2.55. The molecule has 1 atom stereocenters. The van der Waals surface area contributed by atoms with Gasteiger partial charge < -0.3 is 0 Å². The summed E-state index contributed by atoms with van der Waals surface area (Å²) in [5.41, 5.74) is 2.80. The van der Waals surface area contributed by atoms with Crippen molar-refractivity contribution in [3.63, 3.8) is 0 Å². The molecule has 1 unspecified atom stereocenters. The molecule has 0 aliphatic carbocycles. The van der Waals surface area contributed by atoms with Crippen LogP contribution in [0, 0.1) is 5.92 Å². The molecule has 0 amide bonds. The molecule has 2 rings (SSSR count). The number of benzene rings is 1. The van der Waals surface area contributed by atoms with Gasteiger partial charge in [0.1, 0.15) is 0 Å². The summed E-state index contributed by atoms with van der Waals surface area (Å²) in [4.78, 5) is 1.33. The zero-order valence-electron chi connectivity index (χ0n) is 12.4. The van der Waals surface area contributed by atoms with Crippen molar-refractivity contribution in [2.45, 2.75) is 46.0 Å². The largest absolute Gasteiger partial charge is 0.128 e. The van der Waals surface area contributed by atoms with Crippen molar-refractivity contribution < 1.29 is 0 Å². The van der Waals surface area contributed by atoms with Crippen molar-refractivity contribution in [1.82, 2.24) is 0 Å². The summed E-state index contributed by atoms with van der Waals surface area (Å²) in [6, 6.07) is 13.4. The third kappa shape index (κ3) is 4.46. The van der Waals surface area contributed by atoms with Gasteiger partial charge in [0, 0.05) is 4.88 Å². The highest BCUT2D eigenvalue weighted by Gasteiger charge is 2.08. The van der Waals surface area contributed by atoms with Crippen LogP contribution in [0.1, 0.15) is 45.1 Å². The molecule has 1 aromatic carbocycles. The normalized spacial score (nSPS) is 12.6. The molecule has 0 nitrogen and oxygen atoms in total. The Hall–Kier alpha value is -0.600. The molecule has 0 fully saturated rings. The summed E-state index contributed by atoms with van der Waals surface area (Å²) in [5, 5.41) is 0. The van der Waals surface area contributed by atoms with Crippen LogP contribution in [0.15, 0.2) is 40.2 Å². The van der Waals surface area contributed by atoms with Crippen molar-refractivity contribution >= 4 is 27.3 Å². The number of thiophene rings is 1. The monoisotopic (exact) mass is 350 g/mol. The first-order valence-corrected chi connectivity index (χ1v) is 9.18. The molecule has 1 aromatic heterocycles. The Labute approximate surface area is 135 Å². The van der Waals surface area contributed by atoms with Gasteiger partial charge in [-0.3, -0.25) is 0 Å². The lowest BCUT2D eigenvalue weighted by atomic mass is 9.91. The Morgan fingerprint density at radius 1 is 1.05 bits per heavy atom. The van der Waals surface area contributed by atoms with Crippen LogP contribution in [0.4, 0.5) is 0 Å². The number of rotatable bonds is 7. The third-order valence-electron chi connectivity index (χ3n) is 3.88. The number of halogens is 1. The van der Waals surface area contributed by atoms with Crippen molar-refractivity contribution in [1.29, 1.82) is 0 Å². The Morgan fingerprint density at radius 3 is 2.35 bits per heavy atom. The first kappa shape index (κ1) is 15.8. The van der Waals surface area contributed by atoms with Crippen molar-refractivity contribution in [2.24, 2.45) is 5.92 Å². The molecule has 20 heavy (non-hydrogen) atoms. The minimum Gasteiger partial charge on any atom is -0.128 e. The lowest BCUT2D eigenvalue weighted by molar-refractivity contribution is 0.449. The second kappa shape index (κ2) is 7.99. The van der Waals surface area contributed by atoms with E-state index < -0.39 is 0 Å². The van der Waals surface area contributed by atoms with E-state index in [-0.39, 0.29) is 0 Å². The van der Waals surface area contributed by atoms with E-state index in [4.69, 9.17) is 0 Å². The fraction of sp³-hybridized carbons (Fsp3) is 0.444. The van der Waals surface area contributed by atoms with Crippen molar-refractivity contribution in [3.05, 3.63) is 45.7 Å². The van der Waals surface area contributed by atoms with Crippen LogP contribution in [0.25, 0.3) is 10.4 Å². The van der Waals surface area contributed by atoms with E-state index in [2.05, 4.69) is 66.2 Å². The molecule has 0 bridgehead atoms. The van der Waals surface area contributed by atoms with Gasteiger partial charge in [0.25, 0.3) is 0 Å². The first-order valence-electron chi connectivity index (χ1n) is 7.57. The Bertz CT molecular complexity index is 512. The molecule has 0 radical (unpaired) electrons. The van der Waals surface area contributed by atoms with Gasteiger partial charge in [-0.2, -0.15) is 0 Å². The lowest BCUT2D eigenvalue weighted by Gasteiger charge is -2.14. The molecule has 2 aromatic rings. The maximum absolute atomic E-state index is 3.53. The molecule has 1 heterocycles. The maximum atomic E-state index is 3.53. The maximum Gasteiger partial charge on any atom is 0.0705 e. The molecule has 0 saturated heterocycles. The van der Waals surface area contributed by atoms with Gasteiger partial charge in [0.2, 0.25) is 0 Å². The summed E-state index contributed by atoms with van der Waals surface area (Å²) in [6.07, 6.45) is 6.56. The zero-order valence-corrected chi connectivity index (χ0v) is 14.8. The molecular weight excluding hydrogens is 328 g/mol. The average Bonchev–Trinajstić information content (AvgIpc) is 2.90. The topological polar surface area (TPSA) is 0 Å². The van der Waals surface area contributed by atoms with E-state index in [1.54, 1.807) is 11.3 Å². The van der Waals surface area contributed by atoms with Gasteiger partial charge in [0.05, 0.1) is 3.79 Å². The smallest absolute Gasteiger partial charge is 0.0705 e. The molecule has 0 spiro atoms. The van der Waals surface area contributed by atoms with Crippen LogP contribution in [0.2, 0.25) is 0 Å². The van der Waals surface area contributed by atoms with Crippen LogP contribution in [0.3, 0.4) is 0 Å². The van der Waals surface area contributed by atoms with Gasteiger partial charge in [-0.25, -0.2) is 0 Å². The van der Waals surface area contributed by atoms with E-state index in [0.717, 1.165) is 5.92 Å². The van der Waals surface area contributed by atoms with Crippen LogP contribution < -0.4 is 0 Å². The SMILES string of the molecule is CCCCC(CC)Cc1ccc(-c2ccc(Br)s2)cc1. The van der Waals surface area contributed by atoms with Crippen LogP contribution in [-0.2, 0) is 6.42 Å². The number of hydrogen-bond acceptors (Lipinski definition) is 1.